The quantitative estimate of drug-likeness (QED) is 0.451. The fraction of sp³-hybridized carbons (Fsp3) is 0.875. The Hall–Kier alpha value is -0.990. The zero-order chi connectivity index (χ0) is 14.3. The van der Waals surface area contributed by atoms with Crippen molar-refractivity contribution in [2.45, 2.75) is 38.9 Å². The van der Waals surface area contributed by atoms with Crippen LogP contribution in [0.4, 0.5) is 26.3 Å². The minimum Gasteiger partial charge on any atom is -0.415 e. The molecule has 17 heavy (non-hydrogen) atoms. The first-order valence-electron chi connectivity index (χ1n) is 4.22. The number of rotatable bonds is 1. The molecule has 9 heteroatoms. The van der Waals surface area contributed by atoms with Gasteiger partial charge in [0.1, 0.15) is 0 Å². The number of esters is 1. The van der Waals surface area contributed by atoms with Crippen LogP contribution in [0.5, 0.6) is 0 Å². The van der Waals surface area contributed by atoms with Gasteiger partial charge in [0.2, 0.25) is 0 Å². The zero-order valence-electron chi connectivity index (χ0n) is 9.03. The summed E-state index contributed by atoms with van der Waals surface area (Å²) < 4.78 is 75.8. The molecule has 0 aliphatic heterocycles. The van der Waals surface area contributed by atoms with Crippen LogP contribution in [0.15, 0.2) is 0 Å². The van der Waals surface area contributed by atoms with Crippen molar-refractivity contribution in [1.29, 1.82) is 0 Å². The Kier molecular flexibility index (Phi) is 3.80. The number of hydrogen-bond acceptors (Lipinski definition) is 3. The van der Waals surface area contributed by atoms with Gasteiger partial charge in [0.15, 0.2) is 0 Å². The molecule has 0 aromatic carbocycles. The summed E-state index contributed by atoms with van der Waals surface area (Å²) in [4.78, 5) is 11.0. The number of alkyl halides is 6. The molecule has 0 spiro atoms. The third-order valence-corrected chi connectivity index (χ3v) is 1.62. The largest absolute Gasteiger partial charge is 0.465 e. The maximum absolute atomic E-state index is 12.1. The predicted octanol–water partition coefficient (Wildman–Crippen LogP) is 2.39. The number of hydrogen-bond donors (Lipinski definition) is 1. The Labute approximate surface area is 92.4 Å². The second kappa shape index (κ2) is 4.04. The Morgan fingerprint density at radius 2 is 1.24 bits per heavy atom. The van der Waals surface area contributed by atoms with Crippen molar-refractivity contribution in [2.75, 3.05) is 0 Å². The van der Waals surface area contributed by atoms with Crippen LogP contribution in [0.3, 0.4) is 0 Å². The molecule has 0 saturated carbocycles. The molecule has 0 saturated heterocycles. The molecule has 0 atom stereocenters. The lowest BCUT2D eigenvalue weighted by atomic mass is 9.97. The van der Waals surface area contributed by atoms with Crippen LogP contribution in [0.1, 0.15) is 20.8 Å². The van der Waals surface area contributed by atoms with Crippen LogP contribution in [0.25, 0.3) is 0 Å². The van der Waals surface area contributed by atoms with Gasteiger partial charge in [0, 0.05) is 0 Å². The summed E-state index contributed by atoms with van der Waals surface area (Å²) >= 11 is 0. The summed E-state index contributed by atoms with van der Waals surface area (Å²) in [7, 11) is 0. The first-order chi connectivity index (χ1) is 7.13. The molecular formula is C8H10F6O3. The van der Waals surface area contributed by atoms with Gasteiger partial charge < -0.3 is 9.84 Å². The Bertz CT molecular complexity index is 284. The molecular weight excluding hydrogens is 258 g/mol. The highest BCUT2D eigenvalue weighted by Crippen LogP contribution is 2.44. The van der Waals surface area contributed by atoms with Crippen LogP contribution in [0.2, 0.25) is 0 Å². The molecule has 0 fully saturated rings. The number of ether oxygens (including phenoxy) is 1. The van der Waals surface area contributed by atoms with E-state index >= 15 is 0 Å². The summed E-state index contributed by atoms with van der Waals surface area (Å²) in [5, 5.41) is 8.52. The van der Waals surface area contributed by atoms with E-state index in [1.54, 1.807) is 0 Å². The van der Waals surface area contributed by atoms with Crippen LogP contribution in [-0.2, 0) is 9.53 Å². The lowest BCUT2D eigenvalue weighted by Crippen LogP contribution is -2.60. The van der Waals surface area contributed by atoms with Crippen molar-refractivity contribution in [3.63, 3.8) is 0 Å². The first-order valence-corrected chi connectivity index (χ1v) is 4.22. The second-order valence-electron chi connectivity index (χ2n) is 4.28. The van der Waals surface area contributed by atoms with Crippen LogP contribution in [0, 0.1) is 5.41 Å². The Morgan fingerprint density at radius 1 is 0.941 bits per heavy atom. The number of carbonyl (C=O) groups excluding carboxylic acids is 1. The van der Waals surface area contributed by atoms with Gasteiger partial charge in [0.25, 0.3) is 0 Å². The molecule has 0 bridgehead atoms. The monoisotopic (exact) mass is 268 g/mol. The minimum atomic E-state index is -6.17. The lowest BCUT2D eigenvalue weighted by molar-refractivity contribution is -0.445. The SMILES string of the molecule is CC(C)(C)C(=O)OC(O)(C(F)(F)F)C(F)(F)F. The van der Waals surface area contributed by atoms with Gasteiger partial charge in [-0.3, -0.25) is 4.79 Å². The van der Waals surface area contributed by atoms with E-state index in [1.165, 1.54) is 0 Å². The van der Waals surface area contributed by atoms with Crippen LogP contribution >= 0.6 is 0 Å². The van der Waals surface area contributed by atoms with Gasteiger partial charge in [-0.1, -0.05) is 0 Å². The van der Waals surface area contributed by atoms with E-state index in [9.17, 15) is 31.1 Å². The maximum atomic E-state index is 12.1. The van der Waals surface area contributed by atoms with E-state index < -0.39 is 29.5 Å². The molecule has 3 nitrogen and oxygen atoms in total. The predicted molar refractivity (Wildman–Crippen MR) is 42.6 cm³/mol. The highest BCUT2D eigenvalue weighted by molar-refractivity contribution is 5.75. The van der Waals surface area contributed by atoms with Gasteiger partial charge in [-0.15, -0.1) is 0 Å². The average molecular weight is 268 g/mol. The molecule has 0 rings (SSSR count). The van der Waals surface area contributed by atoms with Crippen molar-refractivity contribution >= 4 is 5.97 Å². The molecule has 0 radical (unpaired) electrons. The molecule has 102 valence electrons. The lowest BCUT2D eigenvalue weighted by Gasteiger charge is -2.33. The van der Waals surface area contributed by atoms with Crippen LogP contribution in [-0.4, -0.2) is 29.2 Å². The molecule has 0 amide bonds. The number of aliphatic hydroxyl groups is 1. The normalized spacial score (nSPS) is 14.7. The van der Waals surface area contributed by atoms with Crippen molar-refractivity contribution in [3.05, 3.63) is 0 Å². The third kappa shape index (κ3) is 3.24. The summed E-state index contributed by atoms with van der Waals surface area (Å²) in [5.74, 6) is -7.32. The summed E-state index contributed by atoms with van der Waals surface area (Å²) in [6, 6.07) is 0. The zero-order valence-corrected chi connectivity index (χ0v) is 9.03. The standard InChI is InChI=1S/C8H10F6O3/c1-5(2,3)4(15)17-6(16,7(9,10)11)8(12,13)14/h16H,1-3H3. The second-order valence-corrected chi connectivity index (χ2v) is 4.28. The highest BCUT2D eigenvalue weighted by Gasteiger charge is 2.74. The summed E-state index contributed by atoms with van der Waals surface area (Å²) in [6.45, 7) is 3.13. The highest BCUT2D eigenvalue weighted by atomic mass is 19.4. The molecule has 0 unspecified atom stereocenters. The fourth-order valence-corrected chi connectivity index (χ4v) is 0.564. The first kappa shape index (κ1) is 16.0. The van der Waals surface area contributed by atoms with Crippen molar-refractivity contribution in [1.82, 2.24) is 0 Å². The molecule has 1 N–H and O–H groups in total. The van der Waals surface area contributed by atoms with E-state index in [4.69, 9.17) is 5.11 Å². The van der Waals surface area contributed by atoms with Crippen molar-refractivity contribution in [3.8, 4) is 0 Å². The van der Waals surface area contributed by atoms with Crippen LogP contribution < -0.4 is 0 Å². The minimum absolute atomic E-state index is 1.04. The number of halogens is 6. The van der Waals surface area contributed by atoms with Gasteiger partial charge >= 0.3 is 24.1 Å². The molecule has 0 aliphatic carbocycles. The molecule has 0 aliphatic rings. The van der Waals surface area contributed by atoms with E-state index in [0.29, 0.717) is 0 Å². The van der Waals surface area contributed by atoms with E-state index in [-0.39, 0.29) is 0 Å². The molecule has 0 aromatic rings. The smallest absolute Gasteiger partial charge is 0.415 e. The maximum Gasteiger partial charge on any atom is 0.465 e. The average Bonchev–Trinajstić information content (AvgIpc) is 1.97. The number of carbonyl (C=O) groups is 1. The summed E-state index contributed by atoms with van der Waals surface area (Å²) in [5.41, 5.74) is -1.62. The Balaban J connectivity index is 5.35. The fourth-order valence-electron chi connectivity index (χ4n) is 0.564. The van der Waals surface area contributed by atoms with Gasteiger partial charge in [-0.2, -0.15) is 26.3 Å². The third-order valence-electron chi connectivity index (χ3n) is 1.62. The van der Waals surface area contributed by atoms with Crippen molar-refractivity contribution < 1.29 is 41.0 Å². The topological polar surface area (TPSA) is 46.5 Å². The van der Waals surface area contributed by atoms with Crippen molar-refractivity contribution in [2.24, 2.45) is 5.41 Å². The van der Waals surface area contributed by atoms with E-state index in [0.717, 1.165) is 20.8 Å². The van der Waals surface area contributed by atoms with Gasteiger partial charge in [-0.25, -0.2) is 0 Å². The van der Waals surface area contributed by atoms with Gasteiger partial charge in [0.05, 0.1) is 5.41 Å². The van der Waals surface area contributed by atoms with Gasteiger partial charge in [-0.05, 0) is 20.8 Å². The van der Waals surface area contributed by atoms with E-state index in [1.807, 2.05) is 0 Å². The summed E-state index contributed by atoms with van der Waals surface area (Å²) in [6.07, 6.45) is -12.3. The molecule has 0 aromatic heterocycles. The molecule has 0 heterocycles. The van der Waals surface area contributed by atoms with E-state index in [2.05, 4.69) is 4.74 Å². The Morgan fingerprint density at radius 3 is 1.41 bits per heavy atom.